The van der Waals surface area contributed by atoms with Gasteiger partial charge >= 0.3 is 5.97 Å². The summed E-state index contributed by atoms with van der Waals surface area (Å²) in [5.41, 5.74) is 1.74. The smallest absolute Gasteiger partial charge is 0.316 e. The third kappa shape index (κ3) is 2.32. The highest BCUT2D eigenvalue weighted by Gasteiger charge is 2.13. The molecule has 3 rings (SSSR count). The van der Waals surface area contributed by atoms with Gasteiger partial charge in [0.05, 0.1) is 17.9 Å². The van der Waals surface area contributed by atoms with Crippen LogP contribution < -0.4 is 0 Å². The summed E-state index contributed by atoms with van der Waals surface area (Å²) in [6, 6.07) is 7.79. The topological polar surface area (TPSA) is 69.4 Å². The Morgan fingerprint density at radius 2 is 2.25 bits per heavy atom. The number of thioether (sulfide) groups is 1. The van der Waals surface area contributed by atoms with Crippen LogP contribution in [0.2, 0.25) is 0 Å². The van der Waals surface area contributed by atoms with Crippen molar-refractivity contribution in [2.45, 2.75) is 11.9 Å². The van der Waals surface area contributed by atoms with Gasteiger partial charge in [-0.2, -0.15) is 5.10 Å². The van der Waals surface area contributed by atoms with Crippen molar-refractivity contribution >= 4 is 34.2 Å². The minimum Gasteiger partial charge on any atom is -0.465 e. The average Bonchev–Trinajstić information content (AvgIpc) is 2.84. The summed E-state index contributed by atoms with van der Waals surface area (Å²) in [6.07, 6.45) is 1.56. The van der Waals surface area contributed by atoms with Crippen LogP contribution in [0.1, 0.15) is 6.92 Å². The quantitative estimate of drug-likeness (QED) is 0.540. The lowest BCUT2D eigenvalue weighted by molar-refractivity contribution is -0.139. The normalized spacial score (nSPS) is 11.1. The minimum absolute atomic E-state index is 0.210. The summed E-state index contributed by atoms with van der Waals surface area (Å²) < 4.78 is 6.60. The van der Waals surface area contributed by atoms with Crippen molar-refractivity contribution in [2.24, 2.45) is 0 Å². The maximum Gasteiger partial charge on any atom is 0.316 e. The Bertz CT molecular complexity index is 771. The van der Waals surface area contributed by atoms with Gasteiger partial charge < -0.3 is 4.74 Å². The van der Waals surface area contributed by atoms with E-state index in [9.17, 15) is 4.79 Å². The van der Waals surface area contributed by atoms with E-state index in [4.69, 9.17) is 4.74 Å². The molecular weight excluding hydrogens is 276 g/mol. The fourth-order valence-electron chi connectivity index (χ4n) is 1.95. The second-order valence-electron chi connectivity index (χ2n) is 4.04. The first-order valence-electron chi connectivity index (χ1n) is 6.16. The molecule has 3 aromatic rings. The van der Waals surface area contributed by atoms with Crippen molar-refractivity contribution in [3.05, 3.63) is 30.6 Å². The van der Waals surface area contributed by atoms with Gasteiger partial charge in [0.25, 0.3) is 0 Å². The lowest BCUT2D eigenvalue weighted by atomic mass is 10.2. The third-order valence-corrected chi connectivity index (χ3v) is 3.68. The molecule has 0 amide bonds. The second-order valence-corrected chi connectivity index (χ2v) is 5.00. The number of carbonyl (C=O) groups is 1. The predicted molar refractivity (Wildman–Crippen MR) is 75.6 cm³/mol. The van der Waals surface area contributed by atoms with Gasteiger partial charge in [0.15, 0.2) is 0 Å². The van der Waals surface area contributed by atoms with Gasteiger partial charge in [-0.05, 0) is 13.0 Å². The molecule has 20 heavy (non-hydrogen) atoms. The Morgan fingerprint density at radius 1 is 1.40 bits per heavy atom. The van der Waals surface area contributed by atoms with Crippen LogP contribution in [0.3, 0.4) is 0 Å². The maximum absolute atomic E-state index is 11.4. The Hall–Kier alpha value is -2.15. The highest BCUT2D eigenvalue weighted by Crippen LogP contribution is 2.27. The zero-order chi connectivity index (χ0) is 13.9. The lowest BCUT2D eigenvalue weighted by Crippen LogP contribution is -2.07. The number of hydrogen-bond donors (Lipinski definition) is 0. The first-order chi connectivity index (χ1) is 9.79. The molecule has 0 bridgehead atoms. The highest BCUT2D eigenvalue weighted by atomic mass is 32.2. The van der Waals surface area contributed by atoms with Gasteiger partial charge in [-0.25, -0.2) is 4.52 Å². The van der Waals surface area contributed by atoms with Crippen molar-refractivity contribution in [2.75, 3.05) is 12.4 Å². The van der Waals surface area contributed by atoms with E-state index in [1.807, 2.05) is 24.3 Å². The van der Waals surface area contributed by atoms with Crippen LogP contribution in [-0.2, 0) is 9.53 Å². The fourth-order valence-corrected chi connectivity index (χ4v) is 2.73. The van der Waals surface area contributed by atoms with E-state index in [1.165, 1.54) is 11.8 Å². The van der Waals surface area contributed by atoms with Gasteiger partial charge in [0.1, 0.15) is 16.9 Å². The summed E-state index contributed by atoms with van der Waals surface area (Å²) >= 11 is 1.31. The van der Waals surface area contributed by atoms with Crippen molar-refractivity contribution in [3.8, 4) is 0 Å². The Balaban J connectivity index is 2.00. The monoisotopic (exact) mass is 288 g/mol. The lowest BCUT2D eigenvalue weighted by Gasteiger charge is -2.02. The van der Waals surface area contributed by atoms with Crippen LogP contribution in [0.4, 0.5) is 0 Å². The van der Waals surface area contributed by atoms with Crippen LogP contribution >= 0.6 is 11.8 Å². The molecule has 0 aliphatic rings. The molecule has 0 aliphatic carbocycles. The number of aromatic nitrogens is 4. The van der Waals surface area contributed by atoms with E-state index in [-0.39, 0.29) is 11.7 Å². The minimum atomic E-state index is -0.259. The van der Waals surface area contributed by atoms with Gasteiger partial charge in [-0.3, -0.25) is 4.79 Å². The van der Waals surface area contributed by atoms with Crippen molar-refractivity contribution in [1.29, 1.82) is 0 Å². The van der Waals surface area contributed by atoms with Gasteiger partial charge in [-0.15, -0.1) is 10.2 Å². The van der Waals surface area contributed by atoms with Crippen LogP contribution in [-0.4, -0.2) is 38.1 Å². The number of hydrogen-bond acceptors (Lipinski definition) is 6. The Morgan fingerprint density at radius 3 is 3.10 bits per heavy atom. The standard InChI is InChI=1S/C13H12N4O2S/c1-2-19-11(18)7-20-13-12-9-5-3-4-6-10(9)16-17(12)8-14-15-13/h3-6,8H,2,7H2,1H3. The highest BCUT2D eigenvalue weighted by molar-refractivity contribution is 8.00. The molecule has 0 saturated carbocycles. The van der Waals surface area contributed by atoms with Crippen LogP contribution in [0.25, 0.3) is 16.4 Å². The molecule has 6 nitrogen and oxygen atoms in total. The third-order valence-electron chi connectivity index (χ3n) is 2.75. The van der Waals surface area contributed by atoms with E-state index in [1.54, 1.807) is 17.8 Å². The fraction of sp³-hybridized carbons (Fsp3) is 0.231. The molecule has 0 saturated heterocycles. The SMILES string of the molecule is CCOC(=O)CSc1nncn2nc3ccccc3c12. The first-order valence-corrected chi connectivity index (χ1v) is 7.15. The number of esters is 1. The van der Waals surface area contributed by atoms with Crippen LogP contribution in [0.5, 0.6) is 0 Å². The van der Waals surface area contributed by atoms with E-state index in [0.29, 0.717) is 11.6 Å². The molecule has 0 atom stereocenters. The zero-order valence-electron chi connectivity index (χ0n) is 10.8. The molecule has 7 heteroatoms. The van der Waals surface area contributed by atoms with Crippen LogP contribution in [0, 0.1) is 0 Å². The molecule has 0 spiro atoms. The molecule has 0 radical (unpaired) electrons. The number of nitrogens with zero attached hydrogens (tertiary/aromatic N) is 4. The van der Waals surface area contributed by atoms with Gasteiger partial charge in [0, 0.05) is 5.39 Å². The number of ether oxygens (including phenoxy) is 1. The molecule has 1 aromatic carbocycles. The average molecular weight is 288 g/mol. The van der Waals surface area contributed by atoms with E-state index in [2.05, 4.69) is 15.3 Å². The molecule has 0 N–H and O–H groups in total. The predicted octanol–water partition coefficient (Wildman–Crippen LogP) is 1.93. The van der Waals surface area contributed by atoms with Crippen molar-refractivity contribution in [1.82, 2.24) is 19.8 Å². The second kappa shape index (κ2) is 5.46. The molecule has 2 aromatic heterocycles. The largest absolute Gasteiger partial charge is 0.465 e. The summed E-state index contributed by atoms with van der Waals surface area (Å²) in [4.78, 5) is 11.4. The zero-order valence-corrected chi connectivity index (χ0v) is 11.6. The van der Waals surface area contributed by atoms with E-state index >= 15 is 0 Å². The molecule has 0 aliphatic heterocycles. The molecule has 2 heterocycles. The molecule has 0 fully saturated rings. The van der Waals surface area contributed by atoms with Crippen molar-refractivity contribution < 1.29 is 9.53 Å². The number of fused-ring (bicyclic) bond motifs is 3. The maximum atomic E-state index is 11.4. The first kappa shape index (κ1) is 12.9. The number of benzene rings is 1. The Kier molecular flexibility index (Phi) is 3.51. The number of rotatable bonds is 4. The molecule has 102 valence electrons. The number of carbonyl (C=O) groups excluding carboxylic acids is 1. The summed E-state index contributed by atoms with van der Waals surface area (Å²) in [5.74, 6) is -0.0491. The van der Waals surface area contributed by atoms with Gasteiger partial charge in [0.2, 0.25) is 0 Å². The van der Waals surface area contributed by atoms with E-state index < -0.39 is 0 Å². The van der Waals surface area contributed by atoms with Crippen molar-refractivity contribution in [3.63, 3.8) is 0 Å². The summed E-state index contributed by atoms with van der Waals surface area (Å²) in [7, 11) is 0. The summed E-state index contributed by atoms with van der Waals surface area (Å²) in [5, 5.41) is 14.1. The molecule has 0 unspecified atom stereocenters. The summed E-state index contributed by atoms with van der Waals surface area (Å²) in [6.45, 7) is 2.17. The Labute approximate surface area is 119 Å². The van der Waals surface area contributed by atoms with Gasteiger partial charge in [-0.1, -0.05) is 30.0 Å². The van der Waals surface area contributed by atoms with Crippen LogP contribution in [0.15, 0.2) is 35.6 Å². The van der Waals surface area contributed by atoms with E-state index in [0.717, 1.165) is 16.4 Å². The molecular formula is C13H12N4O2S.